The van der Waals surface area contributed by atoms with E-state index in [1.54, 1.807) is 0 Å². The van der Waals surface area contributed by atoms with E-state index in [-0.39, 0.29) is 6.42 Å². The van der Waals surface area contributed by atoms with Gasteiger partial charge >= 0.3 is 5.97 Å². The number of unbranched alkanes of at least 4 members (excludes halogenated alkanes) is 1. The maximum absolute atomic E-state index is 10.2. The van der Waals surface area contributed by atoms with Crippen LogP contribution >= 0.6 is 37.9 Å². The van der Waals surface area contributed by atoms with E-state index in [9.17, 15) is 4.79 Å². The Bertz CT molecular complexity index is 160. The van der Waals surface area contributed by atoms with Gasteiger partial charge in [-0.2, -0.15) is 37.9 Å². The quantitative estimate of drug-likeness (QED) is 0.397. The van der Waals surface area contributed by atoms with E-state index < -0.39 is 5.97 Å². The van der Waals surface area contributed by atoms with Gasteiger partial charge in [-0.15, -0.1) is 0 Å². The lowest BCUT2D eigenvalue weighted by Gasteiger charge is -2.19. The fourth-order valence-electron chi connectivity index (χ4n) is 1.17. The number of hydrogen-bond acceptors (Lipinski definition) is 4. The molecular weight excluding hydrogens is 236 g/mol. The zero-order chi connectivity index (χ0) is 11.0. The SMILES string of the molecule is O=C(O)CCCCC(S)C(CS)CS. The van der Waals surface area contributed by atoms with E-state index in [2.05, 4.69) is 37.9 Å². The molecule has 0 bridgehead atoms. The largest absolute Gasteiger partial charge is 0.481 e. The summed E-state index contributed by atoms with van der Waals surface area (Å²) < 4.78 is 0. The molecule has 0 rings (SSSR count). The van der Waals surface area contributed by atoms with Crippen LogP contribution < -0.4 is 0 Å². The van der Waals surface area contributed by atoms with Gasteiger partial charge in [-0.3, -0.25) is 4.79 Å². The highest BCUT2D eigenvalue weighted by Gasteiger charge is 2.14. The number of hydrogen-bond donors (Lipinski definition) is 4. The zero-order valence-corrected chi connectivity index (χ0v) is 10.8. The Morgan fingerprint density at radius 2 is 1.79 bits per heavy atom. The Morgan fingerprint density at radius 1 is 1.21 bits per heavy atom. The molecule has 0 radical (unpaired) electrons. The number of carbonyl (C=O) groups is 1. The molecule has 0 heterocycles. The Kier molecular flexibility index (Phi) is 9.13. The van der Waals surface area contributed by atoms with Crippen LogP contribution in [0.3, 0.4) is 0 Å². The third-order valence-electron chi connectivity index (χ3n) is 2.15. The van der Waals surface area contributed by atoms with Gasteiger partial charge in [0, 0.05) is 11.7 Å². The predicted octanol–water partition coefficient (Wildman–Crippen LogP) is 2.41. The molecule has 2 nitrogen and oxygen atoms in total. The van der Waals surface area contributed by atoms with Crippen molar-refractivity contribution in [2.45, 2.75) is 30.9 Å². The van der Waals surface area contributed by atoms with Crippen LogP contribution in [0.5, 0.6) is 0 Å². The minimum absolute atomic E-state index is 0.257. The van der Waals surface area contributed by atoms with Crippen molar-refractivity contribution in [3.8, 4) is 0 Å². The summed E-state index contributed by atoms with van der Waals surface area (Å²) in [5, 5.41) is 8.73. The summed E-state index contributed by atoms with van der Waals surface area (Å²) >= 11 is 12.9. The Labute approximate surface area is 102 Å². The second-order valence-corrected chi connectivity index (χ2v) is 4.73. The molecule has 0 fully saturated rings. The topological polar surface area (TPSA) is 37.3 Å². The van der Waals surface area contributed by atoms with E-state index in [0.29, 0.717) is 11.2 Å². The number of aliphatic carboxylic acids is 1. The van der Waals surface area contributed by atoms with Gasteiger partial charge in [-0.1, -0.05) is 6.42 Å². The Balaban J connectivity index is 3.51. The van der Waals surface area contributed by atoms with Crippen molar-refractivity contribution in [1.82, 2.24) is 0 Å². The van der Waals surface area contributed by atoms with Crippen molar-refractivity contribution in [2.24, 2.45) is 5.92 Å². The maximum Gasteiger partial charge on any atom is 0.303 e. The lowest BCUT2D eigenvalue weighted by atomic mass is 10.0. The molecule has 0 saturated carbocycles. The Morgan fingerprint density at radius 3 is 2.21 bits per heavy atom. The van der Waals surface area contributed by atoms with E-state index in [0.717, 1.165) is 30.8 Å². The highest BCUT2D eigenvalue weighted by atomic mass is 32.1. The summed E-state index contributed by atoms with van der Waals surface area (Å²) in [5.41, 5.74) is 0. The molecule has 0 aromatic rings. The highest BCUT2D eigenvalue weighted by Crippen LogP contribution is 2.19. The van der Waals surface area contributed by atoms with Crippen molar-refractivity contribution in [2.75, 3.05) is 11.5 Å². The minimum Gasteiger partial charge on any atom is -0.481 e. The van der Waals surface area contributed by atoms with Crippen molar-refractivity contribution in [1.29, 1.82) is 0 Å². The standard InChI is InChI=1S/C9H18O2S3/c10-9(11)4-2-1-3-8(14)7(5-12)6-13/h7-8,12-14H,1-6H2,(H,10,11). The van der Waals surface area contributed by atoms with Crippen molar-refractivity contribution < 1.29 is 9.90 Å². The third kappa shape index (κ3) is 6.90. The molecule has 0 aliphatic carbocycles. The molecule has 0 saturated heterocycles. The van der Waals surface area contributed by atoms with Crippen LogP contribution in [0.25, 0.3) is 0 Å². The van der Waals surface area contributed by atoms with Gasteiger partial charge in [0.1, 0.15) is 0 Å². The first-order valence-corrected chi connectivity index (χ1v) is 6.51. The van der Waals surface area contributed by atoms with Gasteiger partial charge in [-0.05, 0) is 30.3 Å². The molecule has 1 atom stereocenters. The smallest absolute Gasteiger partial charge is 0.303 e. The average Bonchev–Trinajstić information content (AvgIpc) is 2.14. The molecule has 0 aromatic carbocycles. The highest BCUT2D eigenvalue weighted by molar-refractivity contribution is 7.82. The van der Waals surface area contributed by atoms with Crippen molar-refractivity contribution in [3.05, 3.63) is 0 Å². The molecule has 84 valence electrons. The molecule has 5 heteroatoms. The molecule has 0 aliphatic rings. The maximum atomic E-state index is 10.2. The summed E-state index contributed by atoms with van der Waals surface area (Å²) in [7, 11) is 0. The van der Waals surface area contributed by atoms with Crippen LogP contribution in [0.15, 0.2) is 0 Å². The lowest BCUT2D eigenvalue weighted by molar-refractivity contribution is -0.137. The number of rotatable bonds is 8. The van der Waals surface area contributed by atoms with Gasteiger partial charge in [0.05, 0.1) is 0 Å². The van der Waals surface area contributed by atoms with Crippen LogP contribution in [-0.4, -0.2) is 27.8 Å². The molecule has 0 amide bonds. The predicted molar refractivity (Wildman–Crippen MR) is 70.1 cm³/mol. The fraction of sp³-hybridized carbons (Fsp3) is 0.889. The first kappa shape index (κ1) is 14.5. The molecule has 0 spiro atoms. The van der Waals surface area contributed by atoms with Crippen LogP contribution in [0.2, 0.25) is 0 Å². The van der Waals surface area contributed by atoms with E-state index in [1.165, 1.54) is 0 Å². The van der Waals surface area contributed by atoms with E-state index >= 15 is 0 Å². The van der Waals surface area contributed by atoms with Crippen LogP contribution in [-0.2, 0) is 4.79 Å². The van der Waals surface area contributed by atoms with Crippen LogP contribution in [0.4, 0.5) is 0 Å². The van der Waals surface area contributed by atoms with Crippen LogP contribution in [0, 0.1) is 5.92 Å². The van der Waals surface area contributed by atoms with Gasteiger partial charge < -0.3 is 5.11 Å². The Hall–Kier alpha value is 0.520. The van der Waals surface area contributed by atoms with Crippen molar-refractivity contribution in [3.63, 3.8) is 0 Å². The average molecular weight is 254 g/mol. The van der Waals surface area contributed by atoms with Gasteiger partial charge in [0.25, 0.3) is 0 Å². The van der Waals surface area contributed by atoms with Crippen LogP contribution in [0.1, 0.15) is 25.7 Å². The normalized spacial score (nSPS) is 13.1. The minimum atomic E-state index is -0.722. The van der Waals surface area contributed by atoms with Gasteiger partial charge in [-0.25, -0.2) is 0 Å². The van der Waals surface area contributed by atoms with E-state index in [1.807, 2.05) is 0 Å². The summed E-state index contributed by atoms with van der Waals surface area (Å²) in [6.07, 6.45) is 2.85. The fourth-order valence-corrected chi connectivity index (χ4v) is 2.86. The number of thiol groups is 3. The summed E-state index contributed by atoms with van der Waals surface area (Å²) in [4.78, 5) is 10.2. The second kappa shape index (κ2) is 8.80. The molecule has 1 unspecified atom stereocenters. The molecule has 0 aliphatic heterocycles. The number of carboxylic acids is 1. The first-order valence-electron chi connectivity index (χ1n) is 4.73. The van der Waals surface area contributed by atoms with E-state index in [4.69, 9.17) is 5.11 Å². The molecular formula is C9H18O2S3. The monoisotopic (exact) mass is 254 g/mol. The summed E-state index contributed by atoms with van der Waals surface area (Å²) in [5.74, 6) is 1.27. The summed E-state index contributed by atoms with van der Waals surface area (Å²) in [6.45, 7) is 0. The van der Waals surface area contributed by atoms with Crippen molar-refractivity contribution >= 4 is 43.9 Å². The molecule has 14 heavy (non-hydrogen) atoms. The second-order valence-electron chi connectivity index (χ2n) is 3.33. The summed E-state index contributed by atoms with van der Waals surface area (Å²) in [6, 6.07) is 0. The number of carboxylic acid groups (broad SMARTS) is 1. The van der Waals surface area contributed by atoms with Gasteiger partial charge in [0.2, 0.25) is 0 Å². The zero-order valence-electron chi connectivity index (χ0n) is 8.09. The molecule has 1 N–H and O–H groups in total. The third-order valence-corrected chi connectivity index (χ3v) is 3.77. The van der Waals surface area contributed by atoms with Gasteiger partial charge in [0.15, 0.2) is 0 Å². The first-order chi connectivity index (χ1) is 6.61. The lowest BCUT2D eigenvalue weighted by Crippen LogP contribution is -2.18. The molecule has 0 aromatic heterocycles.